The van der Waals surface area contributed by atoms with Gasteiger partial charge in [-0.1, -0.05) is 0 Å². The van der Waals surface area contributed by atoms with Crippen molar-refractivity contribution in [3.05, 3.63) is 42.6 Å². The molecule has 1 aromatic carbocycles. The van der Waals surface area contributed by atoms with E-state index in [1.165, 1.54) is 18.5 Å². The summed E-state index contributed by atoms with van der Waals surface area (Å²) in [4.78, 5) is 8.28. The van der Waals surface area contributed by atoms with E-state index in [0.717, 1.165) is 0 Å². The highest BCUT2D eigenvalue weighted by molar-refractivity contribution is 7.80. The molecular weight excluding hydrogens is 293 g/mol. The van der Waals surface area contributed by atoms with Gasteiger partial charge in [-0.15, -0.1) is 0 Å². The number of nitrogens with two attached hydrogens (primary N) is 1. The Hall–Kier alpha value is -2.81. The Morgan fingerprint density at radius 3 is 2.71 bits per heavy atom. The molecule has 0 saturated carbocycles. The number of fused-ring (bicyclic) bond motifs is 1. The topological polar surface area (TPSA) is 93.7 Å². The van der Waals surface area contributed by atoms with Crippen LogP contribution in [-0.4, -0.2) is 24.9 Å². The molecule has 0 radical (unpaired) electrons. The molecule has 0 unspecified atom stereocenters. The average Bonchev–Trinajstić information content (AvgIpc) is 2.90. The summed E-state index contributed by atoms with van der Waals surface area (Å²) in [5.74, 6) is 0.175. The predicted molar refractivity (Wildman–Crippen MR) is 80.2 cm³/mol. The molecule has 3 aromatic rings. The van der Waals surface area contributed by atoms with Crippen molar-refractivity contribution in [3.63, 3.8) is 0 Å². The number of halogens is 1. The summed E-state index contributed by atoms with van der Waals surface area (Å²) in [6.45, 7) is 0. The van der Waals surface area contributed by atoms with Crippen molar-refractivity contribution in [3.8, 4) is 5.69 Å². The quantitative estimate of drug-likeness (QED) is 0.493. The fourth-order valence-corrected chi connectivity index (χ4v) is 1.89. The zero-order valence-electron chi connectivity index (χ0n) is 10.6. The monoisotopic (exact) mass is 303 g/mol. The van der Waals surface area contributed by atoms with Crippen molar-refractivity contribution in [2.45, 2.75) is 0 Å². The van der Waals surface area contributed by atoms with Crippen LogP contribution >= 0.6 is 12.2 Å². The van der Waals surface area contributed by atoms with Gasteiger partial charge >= 0.3 is 0 Å². The Morgan fingerprint density at radius 1 is 1.24 bits per heavy atom. The summed E-state index contributed by atoms with van der Waals surface area (Å²) in [6, 6.07) is 5.95. The van der Waals surface area contributed by atoms with Crippen LogP contribution in [0.5, 0.6) is 0 Å². The number of nitrogens with one attached hydrogen (secondary N) is 2. The van der Waals surface area contributed by atoms with Gasteiger partial charge in [-0.25, -0.2) is 19.0 Å². The number of rotatable bonds is 3. The highest BCUT2D eigenvalue weighted by Gasteiger charge is 2.11. The number of benzene rings is 1. The lowest BCUT2D eigenvalue weighted by Crippen LogP contribution is -2.34. The van der Waals surface area contributed by atoms with Crippen molar-refractivity contribution in [2.75, 3.05) is 5.43 Å². The lowest BCUT2D eigenvalue weighted by Gasteiger charge is -2.07. The molecule has 2 aromatic heterocycles. The fourth-order valence-electron chi connectivity index (χ4n) is 1.84. The molecule has 0 amide bonds. The minimum Gasteiger partial charge on any atom is -0.375 e. The molecule has 3 rings (SSSR count). The molecule has 106 valence electrons. The van der Waals surface area contributed by atoms with Crippen LogP contribution in [0.15, 0.2) is 36.8 Å². The largest absolute Gasteiger partial charge is 0.375 e. The van der Waals surface area contributed by atoms with Crippen molar-refractivity contribution in [1.29, 1.82) is 0 Å². The van der Waals surface area contributed by atoms with Gasteiger partial charge in [-0.2, -0.15) is 5.10 Å². The number of hydrogen-bond acceptors (Lipinski definition) is 5. The van der Waals surface area contributed by atoms with Crippen LogP contribution in [-0.2, 0) is 0 Å². The smallest absolute Gasteiger partial charge is 0.182 e. The molecule has 0 aliphatic carbocycles. The van der Waals surface area contributed by atoms with Crippen LogP contribution in [0.1, 0.15) is 0 Å². The van der Waals surface area contributed by atoms with Gasteiger partial charge in [0.25, 0.3) is 0 Å². The number of hydrazine groups is 1. The van der Waals surface area contributed by atoms with Crippen LogP contribution in [0.2, 0.25) is 0 Å². The molecule has 0 spiro atoms. The number of nitrogens with zero attached hydrogens (tertiary/aromatic N) is 4. The van der Waals surface area contributed by atoms with Crippen molar-refractivity contribution >= 4 is 34.2 Å². The number of anilines is 1. The van der Waals surface area contributed by atoms with Crippen molar-refractivity contribution in [1.82, 2.24) is 25.2 Å². The molecule has 0 fully saturated rings. The first-order valence-corrected chi connectivity index (χ1v) is 6.32. The van der Waals surface area contributed by atoms with Gasteiger partial charge in [0.15, 0.2) is 16.6 Å². The second-order valence-corrected chi connectivity index (χ2v) is 4.55. The molecule has 9 heteroatoms. The van der Waals surface area contributed by atoms with E-state index in [-0.39, 0.29) is 10.9 Å². The van der Waals surface area contributed by atoms with E-state index in [1.807, 2.05) is 0 Å². The molecule has 0 bridgehead atoms. The third-order valence-electron chi connectivity index (χ3n) is 2.74. The number of hydrogen-bond donors (Lipinski definition) is 3. The first kappa shape index (κ1) is 13.2. The van der Waals surface area contributed by atoms with Crippen molar-refractivity contribution < 1.29 is 4.39 Å². The third kappa shape index (κ3) is 2.58. The van der Waals surface area contributed by atoms with E-state index in [4.69, 9.17) is 18.0 Å². The molecule has 0 aliphatic heterocycles. The van der Waals surface area contributed by atoms with E-state index in [0.29, 0.717) is 22.5 Å². The van der Waals surface area contributed by atoms with E-state index in [1.54, 1.807) is 23.0 Å². The van der Waals surface area contributed by atoms with Gasteiger partial charge in [0.05, 0.1) is 17.3 Å². The molecule has 2 heterocycles. The number of aromatic nitrogens is 4. The minimum atomic E-state index is -0.312. The van der Waals surface area contributed by atoms with Gasteiger partial charge < -0.3 is 5.73 Å². The Kier molecular flexibility index (Phi) is 3.32. The normalized spacial score (nSPS) is 10.5. The van der Waals surface area contributed by atoms with Gasteiger partial charge in [0, 0.05) is 0 Å². The van der Waals surface area contributed by atoms with Gasteiger partial charge in [-0.3, -0.25) is 10.9 Å². The standard InChI is InChI=1S/C12H10FN7S/c13-7-1-3-8(4-2-7)20-11-9(5-17-20)10(15-6-16-11)18-19-12(14)21/h1-6H,(H3,14,19,21)(H,15,16,18). The summed E-state index contributed by atoms with van der Waals surface area (Å²) < 4.78 is 14.6. The molecule has 0 saturated heterocycles. The maximum atomic E-state index is 13.0. The van der Waals surface area contributed by atoms with Gasteiger partial charge in [0.1, 0.15) is 12.1 Å². The average molecular weight is 303 g/mol. The molecule has 0 atom stereocenters. The molecule has 0 aliphatic rings. The SMILES string of the molecule is NC(=S)NNc1ncnc2c1cnn2-c1ccc(F)cc1. The Balaban J connectivity index is 2.04. The third-order valence-corrected chi connectivity index (χ3v) is 2.84. The van der Waals surface area contributed by atoms with E-state index in [9.17, 15) is 4.39 Å². The zero-order chi connectivity index (χ0) is 14.8. The summed E-state index contributed by atoms with van der Waals surface area (Å²) in [5, 5.41) is 5.01. The summed E-state index contributed by atoms with van der Waals surface area (Å²) in [5.41, 5.74) is 12.0. The van der Waals surface area contributed by atoms with Crippen LogP contribution in [0, 0.1) is 5.82 Å². The zero-order valence-corrected chi connectivity index (χ0v) is 11.4. The van der Waals surface area contributed by atoms with Gasteiger partial charge in [0.2, 0.25) is 0 Å². The summed E-state index contributed by atoms with van der Waals surface area (Å²) in [7, 11) is 0. The van der Waals surface area contributed by atoms with Crippen LogP contribution < -0.4 is 16.6 Å². The van der Waals surface area contributed by atoms with Crippen LogP contribution in [0.25, 0.3) is 16.7 Å². The molecule has 21 heavy (non-hydrogen) atoms. The molecule has 7 nitrogen and oxygen atoms in total. The highest BCUT2D eigenvalue weighted by Crippen LogP contribution is 2.21. The maximum absolute atomic E-state index is 13.0. The molecule has 4 N–H and O–H groups in total. The second kappa shape index (κ2) is 5.29. The first-order valence-electron chi connectivity index (χ1n) is 5.91. The molecular formula is C12H10FN7S. The van der Waals surface area contributed by atoms with E-state index < -0.39 is 0 Å². The first-order chi connectivity index (χ1) is 10.1. The summed E-state index contributed by atoms with van der Waals surface area (Å²) in [6.07, 6.45) is 2.98. The Labute approximate surface area is 124 Å². The number of thiocarbonyl (C=S) groups is 1. The Morgan fingerprint density at radius 2 is 2.00 bits per heavy atom. The van der Waals surface area contributed by atoms with E-state index in [2.05, 4.69) is 25.9 Å². The lowest BCUT2D eigenvalue weighted by atomic mass is 10.3. The lowest BCUT2D eigenvalue weighted by molar-refractivity contribution is 0.627. The van der Waals surface area contributed by atoms with Crippen LogP contribution in [0.3, 0.4) is 0 Å². The van der Waals surface area contributed by atoms with Crippen molar-refractivity contribution in [2.24, 2.45) is 5.73 Å². The highest BCUT2D eigenvalue weighted by atomic mass is 32.1. The minimum absolute atomic E-state index is 0.0905. The predicted octanol–water partition coefficient (Wildman–Crippen LogP) is 1.11. The fraction of sp³-hybridized carbons (Fsp3) is 0. The second-order valence-electron chi connectivity index (χ2n) is 4.11. The maximum Gasteiger partial charge on any atom is 0.182 e. The van der Waals surface area contributed by atoms with Gasteiger partial charge in [-0.05, 0) is 36.5 Å². The summed E-state index contributed by atoms with van der Waals surface area (Å²) >= 11 is 4.72. The van der Waals surface area contributed by atoms with Crippen LogP contribution in [0.4, 0.5) is 10.2 Å². The Bertz CT molecular complexity index is 799. The van der Waals surface area contributed by atoms with E-state index >= 15 is 0 Å².